The van der Waals surface area contributed by atoms with E-state index in [2.05, 4.69) is 0 Å². The molecular formula is C21H24F3N3O2S. The van der Waals surface area contributed by atoms with E-state index in [1.165, 1.54) is 0 Å². The summed E-state index contributed by atoms with van der Waals surface area (Å²) in [6.45, 7) is 1.53. The zero-order chi connectivity index (χ0) is 21.6. The zero-order valence-corrected chi connectivity index (χ0v) is 17.8. The standard InChI is InChI=1S/C21H24F3N3O2S/c1-25(13-5-7-29-8-6-13)18(28)10-16-17-9-12(11-27(17)21(30)26(16)2)19-14(22)3-4-15(23)20(19)24/h3-4,12-13H,5-11H2,1-2H3. The van der Waals surface area contributed by atoms with Crippen LogP contribution in [0.3, 0.4) is 0 Å². The van der Waals surface area contributed by atoms with Crippen LogP contribution in [0.4, 0.5) is 13.2 Å². The van der Waals surface area contributed by atoms with Gasteiger partial charge in [-0.2, -0.15) is 0 Å². The Morgan fingerprint density at radius 1 is 1.23 bits per heavy atom. The quantitative estimate of drug-likeness (QED) is 0.541. The average Bonchev–Trinajstić information content (AvgIpc) is 3.26. The molecule has 30 heavy (non-hydrogen) atoms. The molecule has 0 aliphatic carbocycles. The van der Waals surface area contributed by atoms with Crippen LogP contribution in [-0.2, 0) is 36.0 Å². The second kappa shape index (κ2) is 8.19. The normalized spacial score (nSPS) is 19.2. The highest BCUT2D eigenvalue weighted by atomic mass is 32.1. The minimum Gasteiger partial charge on any atom is -0.381 e. The lowest BCUT2D eigenvalue weighted by Crippen LogP contribution is -2.41. The molecule has 162 valence electrons. The third kappa shape index (κ3) is 3.58. The Balaban J connectivity index is 1.59. The van der Waals surface area contributed by atoms with Gasteiger partial charge in [-0.15, -0.1) is 0 Å². The molecule has 2 aliphatic heterocycles. The van der Waals surface area contributed by atoms with Gasteiger partial charge in [-0.25, -0.2) is 13.2 Å². The summed E-state index contributed by atoms with van der Waals surface area (Å²) in [5.41, 5.74) is 1.26. The number of carbonyl (C=O) groups is 1. The van der Waals surface area contributed by atoms with Crippen molar-refractivity contribution in [3.63, 3.8) is 0 Å². The van der Waals surface area contributed by atoms with E-state index in [0.29, 0.717) is 24.4 Å². The smallest absolute Gasteiger partial charge is 0.228 e. The van der Waals surface area contributed by atoms with E-state index < -0.39 is 23.4 Å². The molecule has 3 heterocycles. The highest BCUT2D eigenvalue weighted by molar-refractivity contribution is 7.71. The Morgan fingerprint density at radius 3 is 2.60 bits per heavy atom. The molecule has 0 spiro atoms. The van der Waals surface area contributed by atoms with E-state index in [1.54, 1.807) is 28.1 Å². The van der Waals surface area contributed by atoms with Crippen molar-refractivity contribution in [1.82, 2.24) is 14.0 Å². The second-order valence-electron chi connectivity index (χ2n) is 8.03. The highest BCUT2D eigenvalue weighted by Crippen LogP contribution is 2.36. The topological polar surface area (TPSA) is 39.4 Å². The van der Waals surface area contributed by atoms with Crippen molar-refractivity contribution in [3.05, 3.63) is 51.3 Å². The fourth-order valence-electron chi connectivity index (χ4n) is 4.57. The second-order valence-corrected chi connectivity index (χ2v) is 8.39. The van der Waals surface area contributed by atoms with Gasteiger partial charge in [0.15, 0.2) is 16.4 Å². The molecular weight excluding hydrogens is 415 g/mol. The Kier molecular flexibility index (Phi) is 5.76. The van der Waals surface area contributed by atoms with Gasteiger partial charge in [-0.3, -0.25) is 4.79 Å². The van der Waals surface area contributed by atoms with E-state index in [4.69, 9.17) is 17.0 Å². The lowest BCUT2D eigenvalue weighted by atomic mass is 9.94. The van der Waals surface area contributed by atoms with Gasteiger partial charge < -0.3 is 18.8 Å². The third-order valence-electron chi connectivity index (χ3n) is 6.36. The van der Waals surface area contributed by atoms with Crippen LogP contribution in [0.15, 0.2) is 12.1 Å². The van der Waals surface area contributed by atoms with E-state index in [1.807, 2.05) is 0 Å². The average molecular weight is 440 g/mol. The lowest BCUT2D eigenvalue weighted by molar-refractivity contribution is -0.133. The Morgan fingerprint density at radius 2 is 1.90 bits per heavy atom. The summed E-state index contributed by atoms with van der Waals surface area (Å²) in [6.07, 6.45) is 2.05. The summed E-state index contributed by atoms with van der Waals surface area (Å²) >= 11 is 5.50. The molecule has 1 unspecified atom stereocenters. The molecule has 2 aromatic rings. The molecule has 4 rings (SSSR count). The van der Waals surface area contributed by atoms with Gasteiger partial charge in [-0.1, -0.05) is 0 Å². The van der Waals surface area contributed by atoms with Crippen LogP contribution < -0.4 is 0 Å². The molecule has 1 atom stereocenters. The number of carbonyl (C=O) groups excluding carboxylic acids is 1. The number of amides is 1. The molecule has 0 radical (unpaired) electrons. The maximum atomic E-state index is 14.3. The summed E-state index contributed by atoms with van der Waals surface area (Å²) in [6, 6.07) is 1.87. The molecule has 5 nitrogen and oxygen atoms in total. The summed E-state index contributed by atoms with van der Waals surface area (Å²) in [7, 11) is 3.59. The van der Waals surface area contributed by atoms with Crippen LogP contribution in [0.1, 0.15) is 35.7 Å². The van der Waals surface area contributed by atoms with Crippen LogP contribution in [0.25, 0.3) is 0 Å². The number of hydrogen-bond donors (Lipinski definition) is 0. The lowest BCUT2D eigenvalue weighted by Gasteiger charge is -2.31. The zero-order valence-electron chi connectivity index (χ0n) is 17.0. The molecule has 9 heteroatoms. The van der Waals surface area contributed by atoms with Crippen LogP contribution >= 0.6 is 12.2 Å². The van der Waals surface area contributed by atoms with Crippen molar-refractivity contribution in [1.29, 1.82) is 0 Å². The monoisotopic (exact) mass is 439 g/mol. The first-order chi connectivity index (χ1) is 14.3. The molecule has 1 amide bonds. The van der Waals surface area contributed by atoms with E-state index in [9.17, 15) is 18.0 Å². The van der Waals surface area contributed by atoms with E-state index in [0.717, 1.165) is 36.4 Å². The van der Waals surface area contributed by atoms with Gasteiger partial charge in [-0.05, 0) is 43.6 Å². The molecule has 2 aliphatic rings. The maximum Gasteiger partial charge on any atom is 0.228 e. The van der Waals surface area contributed by atoms with Crippen molar-refractivity contribution in [2.75, 3.05) is 20.3 Å². The van der Waals surface area contributed by atoms with Crippen molar-refractivity contribution in [3.8, 4) is 0 Å². The maximum absolute atomic E-state index is 14.3. The molecule has 1 saturated heterocycles. The Labute approximate surface area is 178 Å². The van der Waals surface area contributed by atoms with Gasteiger partial charge in [0.25, 0.3) is 0 Å². The van der Waals surface area contributed by atoms with E-state index in [-0.39, 0.29) is 30.5 Å². The number of hydrogen-bond acceptors (Lipinski definition) is 3. The number of nitrogens with zero attached hydrogens (tertiary/aromatic N) is 3. The number of likely N-dealkylation sites (N-methyl/N-ethyl adjacent to an activating group) is 1. The SMILES string of the molecule is CN(C(=O)Cc1c2n(c(=S)n1C)CC(c1c(F)ccc(F)c1F)C2)C1CCOCC1. The number of benzene rings is 1. The number of rotatable bonds is 4. The molecule has 0 N–H and O–H groups in total. The predicted molar refractivity (Wildman–Crippen MR) is 107 cm³/mol. The van der Waals surface area contributed by atoms with Crippen molar-refractivity contribution in [2.45, 2.75) is 44.2 Å². The van der Waals surface area contributed by atoms with Gasteiger partial charge in [0, 0.05) is 62.8 Å². The summed E-state index contributed by atoms with van der Waals surface area (Å²) in [5.74, 6) is -3.59. The number of aromatic nitrogens is 2. The first-order valence-corrected chi connectivity index (χ1v) is 10.4. The molecule has 1 fully saturated rings. The number of halogens is 3. The van der Waals surface area contributed by atoms with Crippen LogP contribution in [-0.4, -0.2) is 46.2 Å². The van der Waals surface area contributed by atoms with Gasteiger partial charge in [0.1, 0.15) is 5.82 Å². The number of fused-ring (bicyclic) bond motifs is 1. The summed E-state index contributed by atoms with van der Waals surface area (Å²) < 4.78 is 51.8. The summed E-state index contributed by atoms with van der Waals surface area (Å²) in [5, 5.41) is 0. The molecule has 0 saturated carbocycles. The van der Waals surface area contributed by atoms with Crippen molar-refractivity contribution < 1.29 is 22.7 Å². The van der Waals surface area contributed by atoms with Crippen LogP contribution in [0.5, 0.6) is 0 Å². The predicted octanol–water partition coefficient (Wildman–Crippen LogP) is 3.49. The largest absolute Gasteiger partial charge is 0.381 e. The van der Waals surface area contributed by atoms with E-state index >= 15 is 0 Å². The van der Waals surface area contributed by atoms with Gasteiger partial charge in [0.2, 0.25) is 5.91 Å². The molecule has 1 aromatic carbocycles. The molecule has 1 aromatic heterocycles. The number of imidazole rings is 1. The first kappa shape index (κ1) is 21.1. The highest BCUT2D eigenvalue weighted by Gasteiger charge is 2.34. The number of ether oxygens (including phenoxy) is 1. The van der Waals surface area contributed by atoms with Crippen LogP contribution in [0, 0.1) is 22.2 Å². The van der Waals surface area contributed by atoms with Crippen LogP contribution in [0.2, 0.25) is 0 Å². The van der Waals surface area contributed by atoms with Crippen molar-refractivity contribution >= 4 is 18.1 Å². The molecule has 0 bridgehead atoms. The first-order valence-electron chi connectivity index (χ1n) is 10.0. The minimum atomic E-state index is -1.15. The van der Waals surface area contributed by atoms with Crippen molar-refractivity contribution in [2.24, 2.45) is 7.05 Å². The fraction of sp³-hybridized carbons (Fsp3) is 0.524. The summed E-state index contributed by atoms with van der Waals surface area (Å²) in [4.78, 5) is 14.7. The fourth-order valence-corrected chi connectivity index (χ4v) is 4.87. The Hall–Kier alpha value is -2.13. The Bertz CT molecular complexity index is 1040. The van der Waals surface area contributed by atoms with Gasteiger partial charge in [0.05, 0.1) is 6.42 Å². The third-order valence-corrected chi connectivity index (χ3v) is 6.86. The minimum absolute atomic E-state index is 0.0348. The van der Waals surface area contributed by atoms with Gasteiger partial charge >= 0.3 is 0 Å².